The summed E-state index contributed by atoms with van der Waals surface area (Å²) in [6.07, 6.45) is 1.57. The maximum absolute atomic E-state index is 11.8. The number of likely N-dealkylation sites (N-methyl/N-ethyl adjacent to an activating group) is 1. The van der Waals surface area contributed by atoms with Crippen molar-refractivity contribution in [3.05, 3.63) is 77.6 Å². The van der Waals surface area contributed by atoms with Gasteiger partial charge in [-0.25, -0.2) is 0 Å². The van der Waals surface area contributed by atoms with Gasteiger partial charge in [-0.05, 0) is 61.0 Å². The number of aromatic nitrogens is 1. The zero-order valence-electron chi connectivity index (χ0n) is 24.3. The Morgan fingerprint density at radius 1 is 0.974 bits per heavy atom. The minimum Gasteiger partial charge on any atom is -0.457 e. The van der Waals surface area contributed by atoms with Crippen LogP contribution in [0.15, 0.2) is 60.8 Å². The van der Waals surface area contributed by atoms with Crippen molar-refractivity contribution in [3.63, 3.8) is 0 Å². The molecule has 8 heteroatoms. The van der Waals surface area contributed by atoms with E-state index in [1.165, 1.54) is 5.56 Å². The van der Waals surface area contributed by atoms with Crippen LogP contribution in [0.4, 0.5) is 11.4 Å². The first-order chi connectivity index (χ1) is 18.9. The Labute approximate surface area is 234 Å². The Balaban J connectivity index is 0.00000205. The first-order valence-electron chi connectivity index (χ1n) is 13.9. The quantitative estimate of drug-likeness (QED) is 0.347. The first-order valence-corrected chi connectivity index (χ1v) is 13.9. The largest absolute Gasteiger partial charge is 0.457 e. The molecule has 2 N–H and O–H groups in total. The molecule has 1 amide bonds. The van der Waals surface area contributed by atoms with E-state index >= 15 is 0 Å². The molecule has 210 valence electrons. The molecule has 39 heavy (non-hydrogen) atoms. The summed E-state index contributed by atoms with van der Waals surface area (Å²) in [5.41, 5.74) is 4.99. The lowest BCUT2D eigenvalue weighted by atomic mass is 10.1. The number of hydrogen-bond donors (Lipinski definition) is 2. The van der Waals surface area contributed by atoms with E-state index in [1.54, 1.807) is 25.4 Å². The molecule has 1 aliphatic rings. The van der Waals surface area contributed by atoms with Crippen molar-refractivity contribution in [2.75, 3.05) is 63.7 Å². The normalized spacial score (nSPS) is 13.7. The Hall–Kier alpha value is -3.62. The van der Waals surface area contributed by atoms with Crippen LogP contribution >= 0.6 is 0 Å². The SMILES string of the molecule is CC.CCN1CCN(Cc2ccc(NCN(C)c3ccc(Oc4ccnc(C(=O)NC)c4)cc3C)cc2)CC1. The molecule has 0 saturated carbocycles. The molecule has 0 aliphatic carbocycles. The van der Waals surface area contributed by atoms with Gasteiger partial charge in [-0.2, -0.15) is 0 Å². The number of amides is 1. The number of rotatable bonds is 10. The van der Waals surface area contributed by atoms with E-state index in [2.05, 4.69) is 81.5 Å². The molecule has 0 unspecified atom stereocenters. The van der Waals surface area contributed by atoms with Gasteiger partial charge in [-0.3, -0.25) is 14.7 Å². The predicted molar refractivity (Wildman–Crippen MR) is 161 cm³/mol. The highest BCUT2D eigenvalue weighted by molar-refractivity contribution is 5.92. The summed E-state index contributed by atoms with van der Waals surface area (Å²) >= 11 is 0. The Kier molecular flexibility index (Phi) is 11.6. The predicted octanol–water partition coefficient (Wildman–Crippen LogP) is 5.21. The van der Waals surface area contributed by atoms with Crippen LogP contribution in [0.25, 0.3) is 0 Å². The minimum atomic E-state index is -0.244. The maximum atomic E-state index is 11.8. The summed E-state index contributed by atoms with van der Waals surface area (Å²) in [5, 5.41) is 6.10. The number of hydrogen-bond acceptors (Lipinski definition) is 7. The lowest BCUT2D eigenvalue weighted by Crippen LogP contribution is -2.45. The number of carbonyl (C=O) groups is 1. The van der Waals surface area contributed by atoms with E-state index in [0.717, 1.165) is 56.2 Å². The van der Waals surface area contributed by atoms with Crippen LogP contribution in [0.1, 0.15) is 42.4 Å². The minimum absolute atomic E-state index is 0.244. The third-order valence-electron chi connectivity index (χ3n) is 6.80. The fourth-order valence-electron chi connectivity index (χ4n) is 4.53. The van der Waals surface area contributed by atoms with Gasteiger partial charge in [0.2, 0.25) is 0 Å². The third-order valence-corrected chi connectivity index (χ3v) is 6.80. The van der Waals surface area contributed by atoms with Crippen molar-refractivity contribution >= 4 is 17.3 Å². The number of carbonyl (C=O) groups excluding carboxylic acids is 1. The molecular formula is C31H44N6O2. The van der Waals surface area contributed by atoms with Crippen molar-refractivity contribution < 1.29 is 9.53 Å². The molecule has 0 spiro atoms. The maximum Gasteiger partial charge on any atom is 0.269 e. The summed E-state index contributed by atoms with van der Waals surface area (Å²) < 4.78 is 5.98. The second-order valence-corrected chi connectivity index (χ2v) is 9.45. The molecule has 4 rings (SSSR count). The van der Waals surface area contributed by atoms with Gasteiger partial charge in [0.1, 0.15) is 17.2 Å². The number of nitrogens with zero attached hydrogens (tertiary/aromatic N) is 4. The fourth-order valence-corrected chi connectivity index (χ4v) is 4.53. The molecular weight excluding hydrogens is 488 g/mol. The van der Waals surface area contributed by atoms with Crippen molar-refractivity contribution in [1.82, 2.24) is 20.1 Å². The standard InChI is InChI=1S/C29H38N6O2.C2H6/c1-5-34-14-16-35(17-15-34)20-23-6-8-24(9-7-23)32-21-33(4)28-11-10-25(18-22(28)2)37-26-12-13-31-27(19-26)29(36)30-3;1-2/h6-13,18-19,32H,5,14-17,20-21H2,1-4H3,(H,30,36);1-2H3. The summed E-state index contributed by atoms with van der Waals surface area (Å²) in [6.45, 7) is 15.7. The topological polar surface area (TPSA) is 73.0 Å². The van der Waals surface area contributed by atoms with Gasteiger partial charge in [0.05, 0.1) is 6.67 Å². The van der Waals surface area contributed by atoms with E-state index in [0.29, 0.717) is 23.9 Å². The average molecular weight is 533 g/mol. The highest BCUT2D eigenvalue weighted by Crippen LogP contribution is 2.28. The number of nitrogens with one attached hydrogen (secondary N) is 2. The Morgan fingerprint density at radius 3 is 2.28 bits per heavy atom. The van der Waals surface area contributed by atoms with Crippen molar-refractivity contribution in [1.29, 1.82) is 0 Å². The Bertz CT molecular complexity index is 1180. The highest BCUT2D eigenvalue weighted by Gasteiger charge is 2.15. The average Bonchev–Trinajstić information content (AvgIpc) is 2.98. The van der Waals surface area contributed by atoms with Gasteiger partial charge < -0.3 is 25.2 Å². The van der Waals surface area contributed by atoms with Crippen molar-refractivity contribution in [2.24, 2.45) is 0 Å². The zero-order valence-corrected chi connectivity index (χ0v) is 24.3. The van der Waals surface area contributed by atoms with Crippen molar-refractivity contribution in [3.8, 4) is 11.5 Å². The molecule has 2 aromatic carbocycles. The fraction of sp³-hybridized carbons (Fsp3) is 0.419. The van der Waals surface area contributed by atoms with Crippen LogP contribution in [0.3, 0.4) is 0 Å². The molecule has 0 bridgehead atoms. The Morgan fingerprint density at radius 2 is 1.64 bits per heavy atom. The summed E-state index contributed by atoms with van der Waals surface area (Å²) in [4.78, 5) is 23.1. The number of benzene rings is 2. The van der Waals surface area contributed by atoms with Gasteiger partial charge in [0.15, 0.2) is 0 Å². The molecule has 3 aromatic rings. The van der Waals surface area contributed by atoms with Crippen LogP contribution < -0.4 is 20.3 Å². The number of pyridine rings is 1. The highest BCUT2D eigenvalue weighted by atomic mass is 16.5. The number of ether oxygens (including phenoxy) is 1. The van der Waals surface area contributed by atoms with E-state index in [1.807, 2.05) is 26.0 Å². The summed E-state index contributed by atoms with van der Waals surface area (Å²) in [7, 11) is 3.65. The molecule has 2 heterocycles. The molecule has 1 aromatic heterocycles. The molecule has 8 nitrogen and oxygen atoms in total. The number of aryl methyl sites for hydroxylation is 1. The lowest BCUT2D eigenvalue weighted by molar-refractivity contribution is 0.0958. The van der Waals surface area contributed by atoms with E-state index in [9.17, 15) is 4.79 Å². The monoisotopic (exact) mass is 532 g/mol. The molecule has 0 atom stereocenters. The van der Waals surface area contributed by atoms with Gasteiger partial charge >= 0.3 is 0 Å². The molecule has 1 aliphatic heterocycles. The second kappa shape index (κ2) is 15.1. The molecule has 0 radical (unpaired) electrons. The summed E-state index contributed by atoms with van der Waals surface area (Å²) in [5.74, 6) is 1.04. The van der Waals surface area contributed by atoms with Gasteiger partial charge in [0, 0.05) is 70.5 Å². The van der Waals surface area contributed by atoms with Crippen LogP contribution in [0.2, 0.25) is 0 Å². The number of anilines is 2. The van der Waals surface area contributed by atoms with Gasteiger partial charge in [-0.15, -0.1) is 0 Å². The lowest BCUT2D eigenvalue weighted by Gasteiger charge is -2.34. The first kappa shape index (κ1) is 29.9. The van der Waals surface area contributed by atoms with Crippen LogP contribution in [0, 0.1) is 6.92 Å². The van der Waals surface area contributed by atoms with E-state index in [4.69, 9.17) is 4.74 Å². The second-order valence-electron chi connectivity index (χ2n) is 9.45. The van der Waals surface area contributed by atoms with Crippen LogP contribution in [-0.4, -0.2) is 74.2 Å². The smallest absolute Gasteiger partial charge is 0.269 e. The van der Waals surface area contributed by atoms with E-state index < -0.39 is 0 Å². The number of piperazine rings is 1. The van der Waals surface area contributed by atoms with Crippen LogP contribution in [-0.2, 0) is 6.54 Å². The molecule has 1 saturated heterocycles. The zero-order chi connectivity index (χ0) is 28.2. The van der Waals surface area contributed by atoms with Gasteiger partial charge in [0.25, 0.3) is 5.91 Å². The summed E-state index contributed by atoms with van der Waals surface area (Å²) in [6, 6.07) is 18.1. The van der Waals surface area contributed by atoms with Gasteiger partial charge in [-0.1, -0.05) is 32.9 Å². The van der Waals surface area contributed by atoms with E-state index in [-0.39, 0.29) is 5.91 Å². The third kappa shape index (κ3) is 8.70. The molecule has 1 fully saturated rings. The van der Waals surface area contributed by atoms with Crippen LogP contribution in [0.5, 0.6) is 11.5 Å². The van der Waals surface area contributed by atoms with Crippen molar-refractivity contribution in [2.45, 2.75) is 34.2 Å².